The van der Waals surface area contributed by atoms with E-state index in [0.717, 1.165) is 31.8 Å². The van der Waals surface area contributed by atoms with E-state index in [1.807, 2.05) is 0 Å². The summed E-state index contributed by atoms with van der Waals surface area (Å²) in [4.78, 5) is 0. The third kappa shape index (κ3) is 1.86. The van der Waals surface area contributed by atoms with Gasteiger partial charge in [-0.05, 0) is 32.0 Å². The quantitative estimate of drug-likeness (QED) is 0.805. The molecule has 0 aliphatic carbocycles. The van der Waals surface area contributed by atoms with Gasteiger partial charge in [0, 0.05) is 19.1 Å². The number of aromatic amines is 1. The molecule has 1 aromatic rings. The second-order valence-electron chi connectivity index (χ2n) is 3.84. The van der Waals surface area contributed by atoms with Gasteiger partial charge in [0.1, 0.15) is 5.82 Å². The lowest BCUT2D eigenvalue weighted by Crippen LogP contribution is -2.17. The molecule has 1 N–H and O–H groups in total. The summed E-state index contributed by atoms with van der Waals surface area (Å²) >= 11 is 5.19. The van der Waals surface area contributed by atoms with Crippen LogP contribution in [0.25, 0.3) is 0 Å². The Kier molecular flexibility index (Phi) is 3.21. The van der Waals surface area contributed by atoms with Crippen molar-refractivity contribution in [3.63, 3.8) is 0 Å². The standard InChI is InChI=1S/C10H17N3OS/c1-3-8-7(5-6-14-8)9-11-12-10(15)13(9)4-2/h7-8H,3-6H2,1-2H3,(H,12,15). The number of aromatic nitrogens is 3. The van der Waals surface area contributed by atoms with Crippen LogP contribution in [-0.2, 0) is 11.3 Å². The van der Waals surface area contributed by atoms with Crippen molar-refractivity contribution in [3.05, 3.63) is 10.6 Å². The third-order valence-corrected chi connectivity index (χ3v) is 3.36. The Morgan fingerprint density at radius 2 is 2.40 bits per heavy atom. The highest BCUT2D eigenvalue weighted by molar-refractivity contribution is 7.71. The molecule has 0 saturated carbocycles. The van der Waals surface area contributed by atoms with E-state index in [0.29, 0.717) is 16.8 Å². The molecule has 1 fully saturated rings. The minimum atomic E-state index is 0.306. The largest absolute Gasteiger partial charge is 0.377 e. The van der Waals surface area contributed by atoms with E-state index in [9.17, 15) is 0 Å². The second-order valence-corrected chi connectivity index (χ2v) is 4.23. The molecule has 0 spiro atoms. The zero-order valence-corrected chi connectivity index (χ0v) is 10.0. The summed E-state index contributed by atoms with van der Waals surface area (Å²) in [5.74, 6) is 1.47. The minimum absolute atomic E-state index is 0.306. The Labute approximate surface area is 94.6 Å². The van der Waals surface area contributed by atoms with E-state index in [1.54, 1.807) is 0 Å². The maximum Gasteiger partial charge on any atom is 0.195 e. The molecule has 2 unspecified atom stereocenters. The van der Waals surface area contributed by atoms with Crippen LogP contribution >= 0.6 is 12.2 Å². The van der Waals surface area contributed by atoms with Crippen molar-refractivity contribution in [2.45, 2.75) is 45.3 Å². The van der Waals surface area contributed by atoms with Crippen molar-refractivity contribution in [1.29, 1.82) is 0 Å². The van der Waals surface area contributed by atoms with Crippen LogP contribution < -0.4 is 0 Å². The molecule has 2 atom stereocenters. The number of nitrogens with one attached hydrogen (secondary N) is 1. The Balaban J connectivity index is 2.32. The molecule has 0 amide bonds. The lowest BCUT2D eigenvalue weighted by atomic mass is 9.99. The lowest BCUT2D eigenvalue weighted by Gasteiger charge is -2.16. The Bertz CT molecular complexity index is 384. The Hall–Kier alpha value is -0.680. The predicted molar refractivity (Wildman–Crippen MR) is 60.5 cm³/mol. The summed E-state index contributed by atoms with van der Waals surface area (Å²) in [5, 5.41) is 7.20. The molecule has 0 radical (unpaired) electrons. The SMILES string of the molecule is CCC1OCCC1c1n[nH]c(=S)n1CC. The summed E-state index contributed by atoms with van der Waals surface area (Å²) < 4.78 is 8.46. The number of rotatable bonds is 3. The number of hydrogen-bond acceptors (Lipinski definition) is 3. The van der Waals surface area contributed by atoms with Crippen molar-refractivity contribution in [1.82, 2.24) is 14.8 Å². The van der Waals surface area contributed by atoms with Crippen LogP contribution in [0.3, 0.4) is 0 Å². The zero-order chi connectivity index (χ0) is 10.8. The Morgan fingerprint density at radius 1 is 1.60 bits per heavy atom. The lowest BCUT2D eigenvalue weighted by molar-refractivity contribution is 0.0988. The van der Waals surface area contributed by atoms with Crippen LogP contribution in [0.1, 0.15) is 38.4 Å². The molecule has 0 aromatic carbocycles. The first-order valence-electron chi connectivity index (χ1n) is 5.54. The summed E-state index contributed by atoms with van der Waals surface area (Å²) in [6.07, 6.45) is 2.40. The van der Waals surface area contributed by atoms with Gasteiger partial charge in [-0.2, -0.15) is 5.10 Å². The molecular formula is C10H17N3OS. The molecule has 15 heavy (non-hydrogen) atoms. The summed E-state index contributed by atoms with van der Waals surface area (Å²) in [6, 6.07) is 0. The van der Waals surface area contributed by atoms with Crippen LogP contribution in [0.2, 0.25) is 0 Å². The molecule has 2 rings (SSSR count). The van der Waals surface area contributed by atoms with E-state index >= 15 is 0 Å². The third-order valence-electron chi connectivity index (χ3n) is 3.05. The van der Waals surface area contributed by atoms with Crippen molar-refractivity contribution < 1.29 is 4.74 Å². The fraction of sp³-hybridized carbons (Fsp3) is 0.800. The maximum absolute atomic E-state index is 5.68. The van der Waals surface area contributed by atoms with E-state index in [-0.39, 0.29) is 0 Å². The van der Waals surface area contributed by atoms with Crippen LogP contribution in [0.15, 0.2) is 0 Å². The molecule has 1 saturated heterocycles. The highest BCUT2D eigenvalue weighted by Crippen LogP contribution is 2.31. The predicted octanol–water partition coefficient (Wildman–Crippen LogP) is 2.24. The first kappa shape index (κ1) is 10.8. The van der Waals surface area contributed by atoms with Gasteiger partial charge in [-0.1, -0.05) is 6.92 Å². The average molecular weight is 227 g/mol. The van der Waals surface area contributed by atoms with Crippen molar-refractivity contribution in [2.75, 3.05) is 6.61 Å². The number of ether oxygens (including phenoxy) is 1. The van der Waals surface area contributed by atoms with Gasteiger partial charge in [-0.15, -0.1) is 0 Å². The van der Waals surface area contributed by atoms with Crippen LogP contribution in [0.5, 0.6) is 0 Å². The molecule has 84 valence electrons. The summed E-state index contributed by atoms with van der Waals surface area (Å²) in [5.41, 5.74) is 0. The topological polar surface area (TPSA) is 42.8 Å². The summed E-state index contributed by atoms with van der Waals surface area (Å²) in [7, 11) is 0. The van der Waals surface area contributed by atoms with Gasteiger partial charge in [0.15, 0.2) is 4.77 Å². The summed E-state index contributed by atoms with van der Waals surface area (Å²) in [6.45, 7) is 5.95. The van der Waals surface area contributed by atoms with Crippen LogP contribution in [0, 0.1) is 4.77 Å². The molecule has 1 aromatic heterocycles. The van der Waals surface area contributed by atoms with Crippen molar-refractivity contribution >= 4 is 12.2 Å². The zero-order valence-electron chi connectivity index (χ0n) is 9.19. The van der Waals surface area contributed by atoms with Gasteiger partial charge >= 0.3 is 0 Å². The van der Waals surface area contributed by atoms with E-state index in [1.165, 1.54) is 0 Å². The smallest absolute Gasteiger partial charge is 0.195 e. The van der Waals surface area contributed by atoms with Gasteiger partial charge in [0.25, 0.3) is 0 Å². The molecule has 5 heteroatoms. The van der Waals surface area contributed by atoms with Crippen LogP contribution in [0.4, 0.5) is 0 Å². The Morgan fingerprint density at radius 3 is 3.07 bits per heavy atom. The number of H-pyrrole nitrogens is 1. The van der Waals surface area contributed by atoms with E-state index < -0.39 is 0 Å². The fourth-order valence-corrected chi connectivity index (χ4v) is 2.53. The highest BCUT2D eigenvalue weighted by atomic mass is 32.1. The monoisotopic (exact) mass is 227 g/mol. The van der Waals surface area contributed by atoms with Gasteiger partial charge < -0.3 is 9.30 Å². The first-order chi connectivity index (χ1) is 7.27. The average Bonchev–Trinajstić information content (AvgIpc) is 2.82. The second kappa shape index (κ2) is 4.45. The normalized spacial score (nSPS) is 26.0. The van der Waals surface area contributed by atoms with E-state index in [2.05, 4.69) is 28.6 Å². The molecule has 4 nitrogen and oxygen atoms in total. The van der Waals surface area contributed by atoms with E-state index in [4.69, 9.17) is 17.0 Å². The molecule has 0 bridgehead atoms. The van der Waals surface area contributed by atoms with Gasteiger partial charge in [-0.3, -0.25) is 5.10 Å². The van der Waals surface area contributed by atoms with Crippen molar-refractivity contribution in [3.8, 4) is 0 Å². The van der Waals surface area contributed by atoms with Crippen LogP contribution in [-0.4, -0.2) is 27.5 Å². The molecule has 1 aliphatic heterocycles. The highest BCUT2D eigenvalue weighted by Gasteiger charge is 2.31. The maximum atomic E-state index is 5.68. The van der Waals surface area contributed by atoms with Crippen molar-refractivity contribution in [2.24, 2.45) is 0 Å². The number of hydrogen-bond donors (Lipinski definition) is 1. The number of nitrogens with zero attached hydrogens (tertiary/aromatic N) is 2. The first-order valence-corrected chi connectivity index (χ1v) is 5.95. The fourth-order valence-electron chi connectivity index (χ4n) is 2.26. The molecular weight excluding hydrogens is 210 g/mol. The molecule has 1 aliphatic rings. The van der Waals surface area contributed by atoms with Gasteiger partial charge in [-0.25, -0.2) is 0 Å². The minimum Gasteiger partial charge on any atom is -0.377 e. The molecule has 2 heterocycles. The van der Waals surface area contributed by atoms with Gasteiger partial charge in [0.2, 0.25) is 0 Å². The van der Waals surface area contributed by atoms with Gasteiger partial charge in [0.05, 0.1) is 6.10 Å².